The van der Waals surface area contributed by atoms with E-state index in [0.29, 0.717) is 12.3 Å². The van der Waals surface area contributed by atoms with Crippen molar-refractivity contribution in [3.63, 3.8) is 0 Å². The fourth-order valence-electron chi connectivity index (χ4n) is 1.70. The standard InChI is InChI=1S/C14H19BrClNO/c1-3-14(2,8-9-16)17-13(18)10-11-4-6-12(15)7-5-11/h4-7H,3,8-10H2,1-2H3,(H,17,18). The van der Waals surface area contributed by atoms with Crippen molar-refractivity contribution in [1.82, 2.24) is 5.32 Å². The Balaban J connectivity index is 2.58. The van der Waals surface area contributed by atoms with Crippen molar-refractivity contribution in [2.75, 3.05) is 5.88 Å². The van der Waals surface area contributed by atoms with E-state index >= 15 is 0 Å². The van der Waals surface area contributed by atoms with Crippen LogP contribution in [0.5, 0.6) is 0 Å². The average Bonchev–Trinajstić information content (AvgIpc) is 2.32. The van der Waals surface area contributed by atoms with Crippen molar-refractivity contribution in [3.8, 4) is 0 Å². The average molecular weight is 333 g/mol. The summed E-state index contributed by atoms with van der Waals surface area (Å²) in [5.74, 6) is 0.606. The van der Waals surface area contributed by atoms with Crippen LogP contribution in [0.3, 0.4) is 0 Å². The van der Waals surface area contributed by atoms with Crippen LogP contribution in [0.4, 0.5) is 0 Å². The van der Waals surface area contributed by atoms with Gasteiger partial charge in [0, 0.05) is 15.9 Å². The molecule has 0 radical (unpaired) electrons. The molecule has 1 atom stereocenters. The van der Waals surface area contributed by atoms with E-state index < -0.39 is 0 Å². The van der Waals surface area contributed by atoms with Crippen LogP contribution in [0.25, 0.3) is 0 Å². The van der Waals surface area contributed by atoms with Gasteiger partial charge in [-0.1, -0.05) is 35.0 Å². The number of benzene rings is 1. The quantitative estimate of drug-likeness (QED) is 0.786. The molecule has 0 bridgehead atoms. The van der Waals surface area contributed by atoms with E-state index in [1.807, 2.05) is 31.2 Å². The third-order valence-electron chi connectivity index (χ3n) is 3.15. The molecule has 0 heterocycles. The SMILES string of the molecule is CCC(C)(CCCl)NC(=O)Cc1ccc(Br)cc1. The number of hydrogen-bond donors (Lipinski definition) is 1. The molecule has 4 heteroatoms. The normalized spacial score (nSPS) is 14.0. The molecule has 0 saturated carbocycles. The molecule has 0 aliphatic carbocycles. The summed E-state index contributed by atoms with van der Waals surface area (Å²) < 4.78 is 1.02. The second-order valence-corrected chi connectivity index (χ2v) is 6.00. The molecule has 1 unspecified atom stereocenters. The fraction of sp³-hybridized carbons (Fsp3) is 0.500. The zero-order chi connectivity index (χ0) is 13.6. The zero-order valence-corrected chi connectivity index (χ0v) is 13.1. The van der Waals surface area contributed by atoms with Gasteiger partial charge < -0.3 is 5.32 Å². The third kappa shape index (κ3) is 4.99. The molecule has 1 aromatic carbocycles. The Bertz CT molecular complexity index is 393. The first kappa shape index (κ1) is 15.5. The number of carbonyl (C=O) groups is 1. The summed E-state index contributed by atoms with van der Waals surface area (Å²) in [5.41, 5.74) is 0.814. The van der Waals surface area contributed by atoms with E-state index in [9.17, 15) is 4.79 Å². The Hall–Kier alpha value is -0.540. The van der Waals surface area contributed by atoms with Gasteiger partial charge in [-0.2, -0.15) is 0 Å². The van der Waals surface area contributed by atoms with E-state index in [4.69, 9.17) is 11.6 Å². The van der Waals surface area contributed by atoms with Crippen LogP contribution in [0.2, 0.25) is 0 Å². The van der Waals surface area contributed by atoms with Crippen molar-refractivity contribution >= 4 is 33.4 Å². The highest BCUT2D eigenvalue weighted by molar-refractivity contribution is 9.10. The molecule has 0 aliphatic heterocycles. The first-order valence-electron chi connectivity index (χ1n) is 6.10. The highest BCUT2D eigenvalue weighted by Crippen LogP contribution is 2.16. The van der Waals surface area contributed by atoms with Gasteiger partial charge in [0.15, 0.2) is 0 Å². The predicted octanol–water partition coefficient (Wildman–Crippen LogP) is 3.91. The minimum Gasteiger partial charge on any atom is -0.351 e. The number of amides is 1. The van der Waals surface area contributed by atoms with Gasteiger partial charge in [0.1, 0.15) is 0 Å². The second-order valence-electron chi connectivity index (χ2n) is 4.70. The van der Waals surface area contributed by atoms with Crippen LogP contribution in [0.1, 0.15) is 32.3 Å². The summed E-state index contributed by atoms with van der Waals surface area (Å²) in [4.78, 5) is 12.0. The maximum Gasteiger partial charge on any atom is 0.224 e. The van der Waals surface area contributed by atoms with Crippen LogP contribution in [0, 0.1) is 0 Å². The molecule has 18 heavy (non-hydrogen) atoms. The van der Waals surface area contributed by atoms with Crippen molar-refractivity contribution in [3.05, 3.63) is 34.3 Å². The number of carbonyl (C=O) groups excluding carboxylic acids is 1. The summed E-state index contributed by atoms with van der Waals surface area (Å²) in [6.07, 6.45) is 2.08. The molecule has 1 N–H and O–H groups in total. The van der Waals surface area contributed by atoms with E-state index in [0.717, 1.165) is 22.9 Å². The summed E-state index contributed by atoms with van der Waals surface area (Å²) in [6.45, 7) is 4.10. The highest BCUT2D eigenvalue weighted by atomic mass is 79.9. The highest BCUT2D eigenvalue weighted by Gasteiger charge is 2.23. The molecule has 0 saturated heterocycles. The Morgan fingerprint density at radius 3 is 2.50 bits per heavy atom. The fourth-order valence-corrected chi connectivity index (χ4v) is 2.39. The maximum absolute atomic E-state index is 12.0. The lowest BCUT2D eigenvalue weighted by Crippen LogP contribution is -2.46. The smallest absolute Gasteiger partial charge is 0.224 e. The summed E-state index contributed by atoms with van der Waals surface area (Å²) in [7, 11) is 0. The lowest BCUT2D eigenvalue weighted by molar-refractivity contribution is -0.122. The largest absolute Gasteiger partial charge is 0.351 e. The zero-order valence-electron chi connectivity index (χ0n) is 10.8. The van der Waals surface area contributed by atoms with Crippen LogP contribution in [-0.4, -0.2) is 17.3 Å². The van der Waals surface area contributed by atoms with Crippen LogP contribution in [-0.2, 0) is 11.2 Å². The van der Waals surface area contributed by atoms with E-state index in [-0.39, 0.29) is 11.4 Å². The molecule has 2 nitrogen and oxygen atoms in total. The first-order valence-corrected chi connectivity index (χ1v) is 7.43. The summed E-state index contributed by atoms with van der Waals surface area (Å²) in [6, 6.07) is 7.80. The molecule has 0 aliphatic rings. The summed E-state index contributed by atoms with van der Waals surface area (Å²) >= 11 is 9.15. The first-order chi connectivity index (χ1) is 8.49. The topological polar surface area (TPSA) is 29.1 Å². The predicted molar refractivity (Wildman–Crippen MR) is 80.0 cm³/mol. The Morgan fingerprint density at radius 1 is 1.39 bits per heavy atom. The van der Waals surface area contributed by atoms with Crippen LogP contribution < -0.4 is 5.32 Å². The number of rotatable bonds is 6. The monoisotopic (exact) mass is 331 g/mol. The molecule has 1 aromatic rings. The lowest BCUT2D eigenvalue weighted by Gasteiger charge is -2.29. The number of alkyl halides is 1. The van der Waals surface area contributed by atoms with Crippen molar-refractivity contribution < 1.29 is 4.79 Å². The van der Waals surface area contributed by atoms with Crippen LogP contribution >= 0.6 is 27.5 Å². The molecule has 1 amide bonds. The van der Waals surface area contributed by atoms with Gasteiger partial charge in [-0.05, 0) is 37.5 Å². The van der Waals surface area contributed by atoms with Gasteiger partial charge in [-0.15, -0.1) is 11.6 Å². The summed E-state index contributed by atoms with van der Waals surface area (Å²) in [5, 5.41) is 3.07. The van der Waals surface area contributed by atoms with Gasteiger partial charge in [0.05, 0.1) is 6.42 Å². The van der Waals surface area contributed by atoms with E-state index in [1.54, 1.807) is 0 Å². The molecule has 0 fully saturated rings. The third-order valence-corrected chi connectivity index (χ3v) is 3.86. The van der Waals surface area contributed by atoms with Crippen molar-refractivity contribution in [2.24, 2.45) is 0 Å². The second kappa shape index (κ2) is 7.15. The molecule has 0 spiro atoms. The Labute approximate surface area is 122 Å². The molecule has 0 aromatic heterocycles. The van der Waals surface area contributed by atoms with Crippen molar-refractivity contribution in [1.29, 1.82) is 0 Å². The molecular weight excluding hydrogens is 314 g/mol. The minimum absolute atomic E-state index is 0.0480. The van der Waals surface area contributed by atoms with E-state index in [1.165, 1.54) is 0 Å². The maximum atomic E-state index is 12.0. The van der Waals surface area contributed by atoms with Crippen LogP contribution in [0.15, 0.2) is 28.7 Å². The Kier molecular flexibility index (Phi) is 6.16. The van der Waals surface area contributed by atoms with Gasteiger partial charge in [0.25, 0.3) is 0 Å². The van der Waals surface area contributed by atoms with Gasteiger partial charge >= 0.3 is 0 Å². The van der Waals surface area contributed by atoms with Gasteiger partial charge in [-0.3, -0.25) is 4.79 Å². The van der Waals surface area contributed by atoms with E-state index in [2.05, 4.69) is 28.2 Å². The lowest BCUT2D eigenvalue weighted by atomic mass is 9.95. The molecular formula is C14H19BrClNO. The minimum atomic E-state index is -0.200. The molecule has 1 rings (SSSR count). The Morgan fingerprint density at radius 2 is 2.00 bits per heavy atom. The number of nitrogens with one attached hydrogen (secondary N) is 1. The van der Waals surface area contributed by atoms with Gasteiger partial charge in [-0.25, -0.2) is 0 Å². The number of halogens is 2. The van der Waals surface area contributed by atoms with Gasteiger partial charge in [0.2, 0.25) is 5.91 Å². The molecule has 100 valence electrons. The van der Waals surface area contributed by atoms with Crippen molar-refractivity contribution in [2.45, 2.75) is 38.6 Å². The number of hydrogen-bond acceptors (Lipinski definition) is 1.